The molecule has 0 spiro atoms. The highest BCUT2D eigenvalue weighted by Crippen LogP contribution is 2.09. The maximum atomic E-state index is 11.5. The molecule has 0 saturated carbocycles. The Morgan fingerprint density at radius 2 is 2.06 bits per heavy atom. The molecule has 18 heavy (non-hydrogen) atoms. The number of carbonyl (C=O) groups is 2. The van der Waals surface area contributed by atoms with Crippen LogP contribution in [-0.2, 0) is 19.1 Å². The van der Waals surface area contributed by atoms with Gasteiger partial charge in [0.1, 0.15) is 19.1 Å². The van der Waals surface area contributed by atoms with E-state index in [9.17, 15) is 9.59 Å². The Kier molecular flexibility index (Phi) is 4.25. The number of hydrogen-bond donors (Lipinski definition) is 0. The predicted octanol–water partition coefficient (Wildman–Crippen LogP) is 1.60. The number of ether oxygens (including phenoxy) is 2. The molecule has 1 heterocycles. The third-order valence-corrected chi connectivity index (χ3v) is 2.41. The van der Waals surface area contributed by atoms with E-state index in [1.165, 1.54) is 6.08 Å². The number of allylic oxidation sites excluding steroid dienone is 1. The second-order valence-electron chi connectivity index (χ2n) is 4.03. The molecule has 94 valence electrons. The molecule has 0 radical (unpaired) electrons. The van der Waals surface area contributed by atoms with E-state index in [1.807, 2.05) is 30.3 Å². The number of rotatable bonds is 6. The Bertz CT molecular complexity index is 446. The van der Waals surface area contributed by atoms with Gasteiger partial charge in [0.15, 0.2) is 5.78 Å². The fourth-order valence-corrected chi connectivity index (χ4v) is 1.36. The Hall–Kier alpha value is -1.94. The minimum Gasteiger partial charge on any atom is -0.462 e. The van der Waals surface area contributed by atoms with Crippen LogP contribution in [0.15, 0.2) is 36.4 Å². The SMILES string of the molecule is O=C(/C=C/c1ccccc1)CC(=O)OCC1CO1. The zero-order valence-electron chi connectivity index (χ0n) is 9.87. The van der Waals surface area contributed by atoms with Crippen molar-refractivity contribution in [2.45, 2.75) is 12.5 Å². The Balaban J connectivity index is 1.73. The molecular weight excluding hydrogens is 232 g/mol. The largest absolute Gasteiger partial charge is 0.462 e. The van der Waals surface area contributed by atoms with Gasteiger partial charge >= 0.3 is 5.97 Å². The van der Waals surface area contributed by atoms with Crippen molar-refractivity contribution in [1.82, 2.24) is 0 Å². The molecule has 0 N–H and O–H groups in total. The monoisotopic (exact) mass is 246 g/mol. The first-order valence-corrected chi connectivity index (χ1v) is 5.77. The number of epoxide rings is 1. The van der Waals surface area contributed by atoms with Crippen LogP contribution in [-0.4, -0.2) is 31.1 Å². The van der Waals surface area contributed by atoms with Crippen molar-refractivity contribution in [3.8, 4) is 0 Å². The van der Waals surface area contributed by atoms with Crippen LogP contribution in [0.2, 0.25) is 0 Å². The van der Waals surface area contributed by atoms with Crippen LogP contribution in [0.1, 0.15) is 12.0 Å². The van der Waals surface area contributed by atoms with Gasteiger partial charge < -0.3 is 9.47 Å². The van der Waals surface area contributed by atoms with E-state index in [0.29, 0.717) is 6.61 Å². The highest BCUT2D eigenvalue weighted by Gasteiger charge is 2.24. The number of esters is 1. The predicted molar refractivity (Wildman–Crippen MR) is 65.8 cm³/mol. The molecule has 2 rings (SSSR count). The summed E-state index contributed by atoms with van der Waals surface area (Å²) in [6.07, 6.45) is 2.88. The molecule has 1 unspecified atom stereocenters. The van der Waals surface area contributed by atoms with Crippen molar-refractivity contribution in [2.24, 2.45) is 0 Å². The van der Waals surface area contributed by atoms with E-state index in [-0.39, 0.29) is 24.9 Å². The smallest absolute Gasteiger partial charge is 0.313 e. The molecule has 1 atom stereocenters. The normalized spacial score (nSPS) is 17.7. The Morgan fingerprint density at radius 3 is 2.72 bits per heavy atom. The zero-order valence-corrected chi connectivity index (χ0v) is 9.87. The molecule has 0 aromatic heterocycles. The van der Waals surface area contributed by atoms with Crippen LogP contribution < -0.4 is 0 Å². The van der Waals surface area contributed by atoms with Crippen molar-refractivity contribution in [3.63, 3.8) is 0 Å². The molecule has 1 aliphatic heterocycles. The summed E-state index contributed by atoms with van der Waals surface area (Å²) in [5.41, 5.74) is 0.922. The average Bonchev–Trinajstić information content (AvgIpc) is 3.19. The lowest BCUT2D eigenvalue weighted by Crippen LogP contribution is -2.12. The molecule has 1 fully saturated rings. The molecule has 4 nitrogen and oxygen atoms in total. The Labute approximate surface area is 105 Å². The van der Waals surface area contributed by atoms with Crippen LogP contribution in [0.4, 0.5) is 0 Å². The summed E-state index contributed by atoms with van der Waals surface area (Å²) in [5, 5.41) is 0. The summed E-state index contributed by atoms with van der Waals surface area (Å²) >= 11 is 0. The molecule has 0 aliphatic carbocycles. The van der Waals surface area contributed by atoms with E-state index in [1.54, 1.807) is 6.08 Å². The van der Waals surface area contributed by atoms with Gasteiger partial charge in [0.05, 0.1) is 6.61 Å². The fourth-order valence-electron chi connectivity index (χ4n) is 1.36. The molecule has 0 amide bonds. The second kappa shape index (κ2) is 6.12. The highest BCUT2D eigenvalue weighted by molar-refractivity contribution is 6.03. The zero-order chi connectivity index (χ0) is 12.8. The van der Waals surface area contributed by atoms with Crippen molar-refractivity contribution in [2.75, 3.05) is 13.2 Å². The van der Waals surface area contributed by atoms with Crippen LogP contribution in [0.5, 0.6) is 0 Å². The summed E-state index contributed by atoms with van der Waals surface area (Å²) in [6, 6.07) is 9.43. The van der Waals surface area contributed by atoms with Gasteiger partial charge in [0.25, 0.3) is 0 Å². The molecule has 1 aromatic carbocycles. The second-order valence-corrected chi connectivity index (χ2v) is 4.03. The van der Waals surface area contributed by atoms with Gasteiger partial charge in [0.2, 0.25) is 0 Å². The summed E-state index contributed by atoms with van der Waals surface area (Å²) in [5.74, 6) is -0.770. The molecule has 1 aromatic rings. The minimum absolute atomic E-state index is 0.0314. The summed E-state index contributed by atoms with van der Waals surface area (Å²) in [7, 11) is 0. The maximum absolute atomic E-state index is 11.5. The van der Waals surface area contributed by atoms with Gasteiger partial charge in [-0.25, -0.2) is 0 Å². The van der Waals surface area contributed by atoms with Crippen LogP contribution in [0.3, 0.4) is 0 Å². The van der Waals surface area contributed by atoms with Gasteiger partial charge in [-0.1, -0.05) is 36.4 Å². The fraction of sp³-hybridized carbons (Fsp3) is 0.286. The molecule has 4 heteroatoms. The lowest BCUT2D eigenvalue weighted by atomic mass is 10.2. The van der Waals surface area contributed by atoms with Gasteiger partial charge in [-0.3, -0.25) is 9.59 Å². The standard InChI is InChI=1S/C14H14O4/c15-12(7-6-11-4-2-1-3-5-11)8-14(16)18-10-13-9-17-13/h1-7,13H,8-10H2/b7-6+. The van der Waals surface area contributed by atoms with E-state index < -0.39 is 5.97 Å². The van der Waals surface area contributed by atoms with Crippen molar-refractivity contribution in [3.05, 3.63) is 42.0 Å². The van der Waals surface area contributed by atoms with Crippen molar-refractivity contribution >= 4 is 17.8 Å². The van der Waals surface area contributed by atoms with Crippen LogP contribution in [0.25, 0.3) is 6.08 Å². The lowest BCUT2D eigenvalue weighted by molar-refractivity contribution is -0.145. The molecular formula is C14H14O4. The summed E-state index contributed by atoms with van der Waals surface area (Å²) in [4.78, 5) is 22.7. The van der Waals surface area contributed by atoms with Gasteiger partial charge in [-0.2, -0.15) is 0 Å². The molecule has 1 saturated heterocycles. The minimum atomic E-state index is -0.506. The van der Waals surface area contributed by atoms with E-state index >= 15 is 0 Å². The van der Waals surface area contributed by atoms with Gasteiger partial charge in [0, 0.05) is 0 Å². The highest BCUT2D eigenvalue weighted by atomic mass is 16.6. The first kappa shape index (κ1) is 12.5. The van der Waals surface area contributed by atoms with E-state index in [0.717, 1.165) is 5.56 Å². The number of carbonyl (C=O) groups excluding carboxylic acids is 2. The average molecular weight is 246 g/mol. The van der Waals surface area contributed by atoms with E-state index in [2.05, 4.69) is 0 Å². The first-order chi connectivity index (χ1) is 8.74. The van der Waals surface area contributed by atoms with E-state index in [4.69, 9.17) is 9.47 Å². The van der Waals surface area contributed by atoms with Crippen molar-refractivity contribution < 1.29 is 19.1 Å². The van der Waals surface area contributed by atoms with Crippen molar-refractivity contribution in [1.29, 1.82) is 0 Å². The molecule has 1 aliphatic rings. The third-order valence-electron chi connectivity index (χ3n) is 2.41. The third kappa shape index (κ3) is 4.51. The number of benzene rings is 1. The first-order valence-electron chi connectivity index (χ1n) is 5.77. The number of ketones is 1. The van der Waals surface area contributed by atoms with Crippen LogP contribution in [0, 0.1) is 0 Å². The number of hydrogen-bond acceptors (Lipinski definition) is 4. The maximum Gasteiger partial charge on any atom is 0.313 e. The topological polar surface area (TPSA) is 55.9 Å². The quantitative estimate of drug-likeness (QED) is 0.331. The van der Waals surface area contributed by atoms with Gasteiger partial charge in [-0.05, 0) is 11.6 Å². The van der Waals surface area contributed by atoms with Crippen LogP contribution >= 0.6 is 0 Å². The lowest BCUT2D eigenvalue weighted by Gasteiger charge is -1.99. The summed E-state index contributed by atoms with van der Waals surface area (Å²) < 4.78 is 9.76. The summed E-state index contributed by atoms with van der Waals surface area (Å²) in [6.45, 7) is 0.879. The van der Waals surface area contributed by atoms with Gasteiger partial charge in [-0.15, -0.1) is 0 Å². The Morgan fingerprint density at radius 1 is 1.33 bits per heavy atom. The molecule has 0 bridgehead atoms.